The van der Waals surface area contributed by atoms with Gasteiger partial charge < -0.3 is 14.6 Å². The molecule has 1 aromatic carbocycles. The Morgan fingerprint density at radius 2 is 2.12 bits per heavy atom. The average Bonchev–Trinajstić information content (AvgIpc) is 3.17. The fourth-order valence-corrected chi connectivity index (χ4v) is 2.40. The molecule has 3 aromatic rings. The van der Waals surface area contributed by atoms with E-state index in [0.29, 0.717) is 22.2 Å². The van der Waals surface area contributed by atoms with Crippen LogP contribution in [0.3, 0.4) is 0 Å². The third-order valence-electron chi connectivity index (χ3n) is 3.56. The number of H-pyrrole nitrogens is 1. The standard InChI is InChI=1S/C15H15N5O4/c1-7-11(12(19-18-7)14(21)16-2)8-4-5-9-10(6-8)24-20-13(9)17-15(22)23-3/h4-6H,1-3H3,(H,16,21)(H,18,19)(H,17,20,22). The van der Waals surface area contributed by atoms with Gasteiger partial charge >= 0.3 is 6.09 Å². The Bertz CT molecular complexity index is 927. The number of amides is 2. The molecule has 9 heteroatoms. The zero-order valence-corrected chi connectivity index (χ0v) is 13.3. The Morgan fingerprint density at radius 3 is 2.83 bits per heavy atom. The average molecular weight is 329 g/mol. The normalized spacial score (nSPS) is 10.6. The number of carbonyl (C=O) groups is 2. The fraction of sp³-hybridized carbons (Fsp3) is 0.200. The second-order valence-electron chi connectivity index (χ2n) is 5.01. The molecule has 0 bridgehead atoms. The van der Waals surface area contributed by atoms with Crippen molar-refractivity contribution in [2.75, 3.05) is 19.5 Å². The number of carbonyl (C=O) groups excluding carboxylic acids is 2. The third kappa shape index (κ3) is 2.56. The lowest BCUT2D eigenvalue weighted by Crippen LogP contribution is -2.19. The van der Waals surface area contributed by atoms with E-state index in [1.807, 2.05) is 6.92 Å². The lowest BCUT2D eigenvalue weighted by atomic mass is 10.0. The van der Waals surface area contributed by atoms with Gasteiger partial charge in [0.2, 0.25) is 0 Å². The lowest BCUT2D eigenvalue weighted by molar-refractivity contribution is 0.0958. The summed E-state index contributed by atoms with van der Waals surface area (Å²) in [5.41, 5.74) is 2.92. The van der Waals surface area contributed by atoms with Gasteiger partial charge in [-0.15, -0.1) is 0 Å². The first-order valence-electron chi connectivity index (χ1n) is 7.07. The zero-order valence-electron chi connectivity index (χ0n) is 13.3. The Kier molecular flexibility index (Phi) is 3.90. The summed E-state index contributed by atoms with van der Waals surface area (Å²) in [5, 5.41) is 16.3. The van der Waals surface area contributed by atoms with Crippen LogP contribution in [0, 0.1) is 6.92 Å². The zero-order chi connectivity index (χ0) is 17.3. The summed E-state index contributed by atoms with van der Waals surface area (Å²) in [6.07, 6.45) is -0.637. The molecular weight excluding hydrogens is 314 g/mol. The van der Waals surface area contributed by atoms with E-state index in [0.717, 1.165) is 11.3 Å². The van der Waals surface area contributed by atoms with Crippen LogP contribution in [0.1, 0.15) is 16.2 Å². The van der Waals surface area contributed by atoms with Gasteiger partial charge in [-0.25, -0.2) is 4.79 Å². The van der Waals surface area contributed by atoms with Gasteiger partial charge in [-0.3, -0.25) is 15.2 Å². The van der Waals surface area contributed by atoms with Gasteiger partial charge in [0.15, 0.2) is 17.1 Å². The van der Waals surface area contributed by atoms with E-state index in [9.17, 15) is 9.59 Å². The SMILES string of the molecule is CNC(=O)c1n[nH]c(C)c1-c1ccc2c(NC(=O)OC)noc2c1. The molecular formula is C15H15N5O4. The quantitative estimate of drug-likeness (QED) is 0.676. The molecule has 0 fully saturated rings. The number of nitrogens with zero attached hydrogens (tertiary/aromatic N) is 2. The Morgan fingerprint density at radius 1 is 1.33 bits per heavy atom. The van der Waals surface area contributed by atoms with Crippen LogP contribution >= 0.6 is 0 Å². The molecule has 24 heavy (non-hydrogen) atoms. The van der Waals surface area contributed by atoms with E-state index in [1.165, 1.54) is 7.11 Å². The van der Waals surface area contributed by atoms with Gasteiger partial charge in [-0.1, -0.05) is 11.2 Å². The van der Waals surface area contributed by atoms with Crippen LogP contribution in [-0.2, 0) is 4.74 Å². The molecule has 0 aliphatic heterocycles. The number of hydrogen-bond acceptors (Lipinski definition) is 6. The van der Waals surface area contributed by atoms with Crippen molar-refractivity contribution in [3.05, 3.63) is 29.6 Å². The molecule has 3 rings (SSSR count). The van der Waals surface area contributed by atoms with E-state index >= 15 is 0 Å². The second-order valence-corrected chi connectivity index (χ2v) is 5.01. The highest BCUT2D eigenvalue weighted by Crippen LogP contribution is 2.31. The molecule has 2 aromatic heterocycles. The van der Waals surface area contributed by atoms with Crippen LogP contribution in [0.4, 0.5) is 10.6 Å². The van der Waals surface area contributed by atoms with Crippen LogP contribution in [0.15, 0.2) is 22.7 Å². The van der Waals surface area contributed by atoms with Gasteiger partial charge in [0.25, 0.3) is 5.91 Å². The number of aromatic nitrogens is 3. The summed E-state index contributed by atoms with van der Waals surface area (Å²) in [4.78, 5) is 23.3. The second kappa shape index (κ2) is 6.03. The van der Waals surface area contributed by atoms with Crippen molar-refractivity contribution in [1.82, 2.24) is 20.7 Å². The van der Waals surface area contributed by atoms with E-state index in [1.54, 1.807) is 25.2 Å². The van der Waals surface area contributed by atoms with Crippen LogP contribution in [0.5, 0.6) is 0 Å². The fourth-order valence-electron chi connectivity index (χ4n) is 2.40. The largest absolute Gasteiger partial charge is 0.453 e. The van der Waals surface area contributed by atoms with Crippen molar-refractivity contribution >= 4 is 28.8 Å². The summed E-state index contributed by atoms with van der Waals surface area (Å²) in [6, 6.07) is 5.27. The lowest BCUT2D eigenvalue weighted by Gasteiger charge is -2.04. The molecule has 0 spiro atoms. The minimum absolute atomic E-state index is 0.263. The molecule has 0 aliphatic carbocycles. The van der Waals surface area contributed by atoms with Gasteiger partial charge in [0.05, 0.1) is 12.5 Å². The number of methoxy groups -OCH3 is 1. The van der Waals surface area contributed by atoms with E-state index < -0.39 is 6.09 Å². The minimum Gasteiger partial charge on any atom is -0.453 e. The first kappa shape index (κ1) is 15.5. The van der Waals surface area contributed by atoms with Crippen molar-refractivity contribution in [3.8, 4) is 11.1 Å². The van der Waals surface area contributed by atoms with Crippen molar-refractivity contribution in [1.29, 1.82) is 0 Å². The summed E-state index contributed by atoms with van der Waals surface area (Å²) in [7, 11) is 2.80. The predicted molar refractivity (Wildman–Crippen MR) is 85.7 cm³/mol. The van der Waals surface area contributed by atoms with Gasteiger partial charge in [0, 0.05) is 18.3 Å². The molecule has 2 amide bonds. The highest BCUT2D eigenvalue weighted by molar-refractivity contribution is 6.02. The van der Waals surface area contributed by atoms with Crippen LogP contribution < -0.4 is 10.6 Å². The van der Waals surface area contributed by atoms with Crippen LogP contribution in [0.25, 0.3) is 22.1 Å². The monoisotopic (exact) mass is 329 g/mol. The van der Waals surface area contributed by atoms with Gasteiger partial charge in [-0.2, -0.15) is 5.10 Å². The minimum atomic E-state index is -0.637. The number of benzene rings is 1. The van der Waals surface area contributed by atoms with Gasteiger partial charge in [-0.05, 0) is 24.6 Å². The summed E-state index contributed by atoms with van der Waals surface area (Å²) < 4.78 is 9.78. The molecule has 0 saturated carbocycles. The topological polar surface area (TPSA) is 122 Å². The first-order chi connectivity index (χ1) is 11.5. The predicted octanol–water partition coefficient (Wildman–Crippen LogP) is 2.06. The maximum atomic E-state index is 12.0. The van der Waals surface area contributed by atoms with Crippen molar-refractivity contribution in [2.24, 2.45) is 0 Å². The number of fused-ring (bicyclic) bond motifs is 1. The summed E-state index contributed by atoms with van der Waals surface area (Å²) in [5.74, 6) is -0.0288. The van der Waals surface area contributed by atoms with E-state index in [-0.39, 0.29) is 11.7 Å². The molecule has 0 radical (unpaired) electrons. The Labute approximate surface area is 136 Å². The maximum Gasteiger partial charge on any atom is 0.412 e. The molecule has 3 N–H and O–H groups in total. The molecule has 124 valence electrons. The smallest absolute Gasteiger partial charge is 0.412 e. The first-order valence-corrected chi connectivity index (χ1v) is 7.07. The molecule has 0 aliphatic rings. The summed E-state index contributed by atoms with van der Waals surface area (Å²) in [6.45, 7) is 1.82. The number of aryl methyl sites for hydroxylation is 1. The number of aromatic amines is 1. The Hall–Kier alpha value is -3.36. The number of hydrogen-bond donors (Lipinski definition) is 3. The van der Waals surface area contributed by atoms with Gasteiger partial charge in [0.1, 0.15) is 0 Å². The maximum absolute atomic E-state index is 12.0. The molecule has 0 atom stereocenters. The van der Waals surface area contributed by atoms with Crippen LogP contribution in [-0.4, -0.2) is 41.5 Å². The Balaban J connectivity index is 2.05. The number of rotatable bonds is 3. The highest BCUT2D eigenvalue weighted by Gasteiger charge is 2.20. The number of ether oxygens (including phenoxy) is 1. The van der Waals surface area contributed by atoms with Crippen LogP contribution in [0.2, 0.25) is 0 Å². The highest BCUT2D eigenvalue weighted by atomic mass is 16.5. The van der Waals surface area contributed by atoms with Crippen molar-refractivity contribution in [2.45, 2.75) is 6.92 Å². The molecule has 2 heterocycles. The molecule has 9 nitrogen and oxygen atoms in total. The molecule has 0 unspecified atom stereocenters. The summed E-state index contributed by atoms with van der Waals surface area (Å²) >= 11 is 0. The van der Waals surface area contributed by atoms with E-state index in [4.69, 9.17) is 4.52 Å². The van der Waals surface area contributed by atoms with Crippen molar-refractivity contribution < 1.29 is 18.8 Å². The van der Waals surface area contributed by atoms with E-state index in [2.05, 4.69) is 30.7 Å². The van der Waals surface area contributed by atoms with Crippen molar-refractivity contribution in [3.63, 3.8) is 0 Å². The number of nitrogens with one attached hydrogen (secondary N) is 3. The number of anilines is 1. The third-order valence-corrected chi connectivity index (χ3v) is 3.56. The molecule has 0 saturated heterocycles.